The molecule has 0 radical (unpaired) electrons. The van der Waals surface area contributed by atoms with Gasteiger partial charge in [0.05, 0.1) is 6.10 Å². The van der Waals surface area contributed by atoms with E-state index < -0.39 is 0 Å². The molecule has 0 aliphatic rings. The summed E-state index contributed by atoms with van der Waals surface area (Å²) in [5.74, 6) is 0.956. The molecular weight excluding hydrogens is 222 g/mol. The van der Waals surface area contributed by atoms with E-state index in [1.807, 2.05) is 12.1 Å². The molecule has 0 spiro atoms. The predicted molar refractivity (Wildman–Crippen MR) is 79.4 cm³/mol. The number of ether oxygens (including phenoxy) is 1. The lowest BCUT2D eigenvalue weighted by molar-refractivity contribution is 0.217. The molecule has 0 fully saturated rings. The lowest BCUT2D eigenvalue weighted by Gasteiger charge is -2.17. The third kappa shape index (κ3) is 5.44. The van der Waals surface area contributed by atoms with E-state index in [9.17, 15) is 0 Å². The Morgan fingerprint density at radius 1 is 1.22 bits per heavy atom. The Kier molecular flexibility index (Phi) is 6.63. The van der Waals surface area contributed by atoms with E-state index in [1.165, 1.54) is 19.3 Å². The fourth-order valence-electron chi connectivity index (χ4n) is 1.84. The van der Waals surface area contributed by atoms with E-state index in [2.05, 4.69) is 45.1 Å². The van der Waals surface area contributed by atoms with Crippen molar-refractivity contribution < 1.29 is 4.74 Å². The lowest BCUT2D eigenvalue weighted by atomic mass is 10.1. The summed E-state index contributed by atoms with van der Waals surface area (Å²) in [7, 11) is 0. The van der Waals surface area contributed by atoms with E-state index in [1.54, 1.807) is 0 Å². The smallest absolute Gasteiger partial charge is 0.121 e. The maximum atomic E-state index is 5.83. The molecule has 18 heavy (non-hydrogen) atoms. The van der Waals surface area contributed by atoms with Gasteiger partial charge < -0.3 is 10.1 Å². The average Bonchev–Trinajstić information content (AvgIpc) is 2.36. The van der Waals surface area contributed by atoms with Gasteiger partial charge >= 0.3 is 0 Å². The van der Waals surface area contributed by atoms with Crippen molar-refractivity contribution in [1.82, 2.24) is 0 Å². The highest BCUT2D eigenvalue weighted by Gasteiger charge is 2.04. The molecule has 0 aliphatic heterocycles. The first-order chi connectivity index (χ1) is 8.65. The van der Waals surface area contributed by atoms with Crippen LogP contribution in [0.1, 0.15) is 53.4 Å². The number of unbranched alkanes of at least 4 members (excludes halogenated alkanes) is 1. The van der Waals surface area contributed by atoms with Crippen molar-refractivity contribution in [1.29, 1.82) is 0 Å². The molecule has 0 aromatic heterocycles. The summed E-state index contributed by atoms with van der Waals surface area (Å²) in [5, 5.41) is 3.53. The second-order valence-corrected chi connectivity index (χ2v) is 5.05. The van der Waals surface area contributed by atoms with E-state index in [-0.39, 0.29) is 6.10 Å². The van der Waals surface area contributed by atoms with E-state index in [0.717, 1.165) is 17.9 Å². The summed E-state index contributed by atoms with van der Waals surface area (Å²) in [4.78, 5) is 0. The number of nitrogens with one attached hydrogen (secondary N) is 1. The predicted octanol–water partition coefficient (Wildman–Crippen LogP) is 4.85. The van der Waals surface area contributed by atoms with Crippen LogP contribution in [0.5, 0.6) is 5.75 Å². The third-order valence-corrected chi connectivity index (χ3v) is 3.15. The van der Waals surface area contributed by atoms with Crippen LogP contribution in [0.4, 0.5) is 5.69 Å². The van der Waals surface area contributed by atoms with Crippen molar-refractivity contribution in [2.75, 3.05) is 5.32 Å². The Labute approximate surface area is 112 Å². The first-order valence-electron chi connectivity index (χ1n) is 7.19. The second-order valence-electron chi connectivity index (χ2n) is 5.05. The SMILES string of the molecule is CCCCC(C)Nc1cccc(OC(C)CC)c1. The van der Waals surface area contributed by atoms with Gasteiger partial charge in [0.1, 0.15) is 5.75 Å². The summed E-state index contributed by atoms with van der Waals surface area (Å²) >= 11 is 0. The monoisotopic (exact) mass is 249 g/mol. The van der Waals surface area contributed by atoms with Crippen LogP contribution < -0.4 is 10.1 Å². The molecule has 102 valence electrons. The average molecular weight is 249 g/mol. The van der Waals surface area contributed by atoms with Crippen molar-refractivity contribution in [3.05, 3.63) is 24.3 Å². The Morgan fingerprint density at radius 3 is 2.67 bits per heavy atom. The lowest BCUT2D eigenvalue weighted by Crippen LogP contribution is -2.15. The molecule has 0 saturated heterocycles. The summed E-state index contributed by atoms with van der Waals surface area (Å²) in [6, 6.07) is 8.78. The van der Waals surface area contributed by atoms with Gasteiger partial charge in [-0.25, -0.2) is 0 Å². The van der Waals surface area contributed by atoms with Gasteiger partial charge in [-0.3, -0.25) is 0 Å². The number of benzene rings is 1. The van der Waals surface area contributed by atoms with Crippen molar-refractivity contribution >= 4 is 5.69 Å². The van der Waals surface area contributed by atoms with E-state index >= 15 is 0 Å². The molecular formula is C16H27NO. The molecule has 0 aliphatic carbocycles. The highest BCUT2D eigenvalue weighted by atomic mass is 16.5. The molecule has 1 aromatic carbocycles. The summed E-state index contributed by atoms with van der Waals surface area (Å²) in [6.07, 6.45) is 5.05. The summed E-state index contributed by atoms with van der Waals surface area (Å²) < 4.78 is 5.83. The van der Waals surface area contributed by atoms with Gasteiger partial charge in [0, 0.05) is 17.8 Å². The molecule has 0 heterocycles. The molecule has 0 amide bonds. The molecule has 2 unspecified atom stereocenters. The highest BCUT2D eigenvalue weighted by molar-refractivity contribution is 5.48. The summed E-state index contributed by atoms with van der Waals surface area (Å²) in [6.45, 7) is 8.70. The van der Waals surface area contributed by atoms with Crippen LogP contribution >= 0.6 is 0 Å². The minimum Gasteiger partial charge on any atom is -0.491 e. The molecule has 1 rings (SSSR count). The van der Waals surface area contributed by atoms with Crippen LogP contribution in [0, 0.1) is 0 Å². The Morgan fingerprint density at radius 2 is 2.00 bits per heavy atom. The molecule has 0 bridgehead atoms. The van der Waals surface area contributed by atoms with Gasteiger partial charge in [0.2, 0.25) is 0 Å². The van der Waals surface area contributed by atoms with Gasteiger partial charge in [-0.15, -0.1) is 0 Å². The van der Waals surface area contributed by atoms with Crippen LogP contribution in [0.15, 0.2) is 24.3 Å². The van der Waals surface area contributed by atoms with Crippen molar-refractivity contribution in [3.8, 4) is 5.75 Å². The molecule has 2 nitrogen and oxygen atoms in total. The van der Waals surface area contributed by atoms with Crippen LogP contribution in [0.2, 0.25) is 0 Å². The van der Waals surface area contributed by atoms with Crippen LogP contribution in [0.25, 0.3) is 0 Å². The van der Waals surface area contributed by atoms with Crippen LogP contribution in [-0.2, 0) is 0 Å². The first kappa shape index (κ1) is 14.9. The maximum absolute atomic E-state index is 5.83. The fraction of sp³-hybridized carbons (Fsp3) is 0.625. The van der Waals surface area contributed by atoms with E-state index in [4.69, 9.17) is 4.74 Å². The molecule has 1 N–H and O–H groups in total. The van der Waals surface area contributed by atoms with Gasteiger partial charge in [0.15, 0.2) is 0 Å². The molecule has 2 atom stereocenters. The molecule has 1 aromatic rings. The Balaban J connectivity index is 2.53. The number of hydrogen-bond acceptors (Lipinski definition) is 2. The minimum atomic E-state index is 0.276. The Hall–Kier alpha value is -1.18. The van der Waals surface area contributed by atoms with Crippen LogP contribution in [-0.4, -0.2) is 12.1 Å². The van der Waals surface area contributed by atoms with Gasteiger partial charge in [-0.2, -0.15) is 0 Å². The van der Waals surface area contributed by atoms with Gasteiger partial charge in [0.25, 0.3) is 0 Å². The van der Waals surface area contributed by atoms with E-state index in [0.29, 0.717) is 6.04 Å². The number of rotatable bonds is 8. The van der Waals surface area contributed by atoms with Gasteiger partial charge in [-0.1, -0.05) is 32.8 Å². The molecule has 0 saturated carbocycles. The third-order valence-electron chi connectivity index (χ3n) is 3.15. The largest absolute Gasteiger partial charge is 0.491 e. The minimum absolute atomic E-state index is 0.276. The highest BCUT2D eigenvalue weighted by Crippen LogP contribution is 2.20. The number of hydrogen-bond donors (Lipinski definition) is 1. The van der Waals surface area contributed by atoms with Crippen molar-refractivity contribution in [2.45, 2.75) is 65.5 Å². The van der Waals surface area contributed by atoms with Crippen molar-refractivity contribution in [2.24, 2.45) is 0 Å². The number of anilines is 1. The van der Waals surface area contributed by atoms with Crippen molar-refractivity contribution in [3.63, 3.8) is 0 Å². The normalized spacial score (nSPS) is 14.0. The fourth-order valence-corrected chi connectivity index (χ4v) is 1.84. The zero-order valence-corrected chi connectivity index (χ0v) is 12.2. The quantitative estimate of drug-likeness (QED) is 0.710. The first-order valence-corrected chi connectivity index (χ1v) is 7.19. The van der Waals surface area contributed by atoms with Gasteiger partial charge in [-0.05, 0) is 38.8 Å². The topological polar surface area (TPSA) is 21.3 Å². The molecule has 2 heteroatoms. The zero-order chi connectivity index (χ0) is 13.4. The maximum Gasteiger partial charge on any atom is 0.121 e. The zero-order valence-electron chi connectivity index (χ0n) is 12.2. The standard InChI is InChI=1S/C16H27NO/c1-5-7-9-13(3)17-15-10-8-11-16(12-15)18-14(4)6-2/h8,10-14,17H,5-7,9H2,1-4H3. The second kappa shape index (κ2) is 8.02. The summed E-state index contributed by atoms with van der Waals surface area (Å²) in [5.41, 5.74) is 1.15. The van der Waals surface area contributed by atoms with Crippen LogP contribution in [0.3, 0.4) is 0 Å². The Bertz CT molecular complexity index is 338.